The van der Waals surface area contributed by atoms with Gasteiger partial charge in [-0.05, 0) is 48.5 Å². The fraction of sp³-hybridized carbons (Fsp3) is 0.111. The highest BCUT2D eigenvalue weighted by Crippen LogP contribution is 2.36. The summed E-state index contributed by atoms with van der Waals surface area (Å²) in [5.74, 6) is -0.208. The van der Waals surface area contributed by atoms with Gasteiger partial charge in [-0.15, -0.1) is 0 Å². The van der Waals surface area contributed by atoms with Crippen molar-refractivity contribution in [3.05, 3.63) is 69.8 Å². The van der Waals surface area contributed by atoms with Gasteiger partial charge in [0.2, 0.25) is 5.95 Å². The standard InChI is InChI=1S/C18H13BrClF3N4/c1-27(14-8-4-12(20)5-9-14)17-24-10-15(18(21,22)23)16(26-17)25-13-6-2-11(19)3-7-13/h2-10H,1H3,(H,24,25,26). The maximum atomic E-state index is 13.4. The first-order chi connectivity index (χ1) is 12.7. The van der Waals surface area contributed by atoms with Crippen LogP contribution in [0, 0.1) is 0 Å². The molecule has 3 rings (SSSR count). The van der Waals surface area contributed by atoms with Gasteiger partial charge in [-0.2, -0.15) is 18.2 Å². The molecule has 140 valence electrons. The van der Waals surface area contributed by atoms with E-state index >= 15 is 0 Å². The predicted molar refractivity (Wildman–Crippen MR) is 104 cm³/mol. The van der Waals surface area contributed by atoms with Gasteiger partial charge >= 0.3 is 6.18 Å². The summed E-state index contributed by atoms with van der Waals surface area (Å²) in [5, 5.41) is 3.28. The summed E-state index contributed by atoms with van der Waals surface area (Å²) in [6.45, 7) is 0. The van der Waals surface area contributed by atoms with Crippen molar-refractivity contribution in [2.24, 2.45) is 0 Å². The van der Waals surface area contributed by atoms with Crippen molar-refractivity contribution in [2.75, 3.05) is 17.3 Å². The molecule has 0 saturated heterocycles. The molecular weight excluding hydrogens is 445 g/mol. The van der Waals surface area contributed by atoms with Crippen LogP contribution >= 0.6 is 27.5 Å². The fourth-order valence-electron chi connectivity index (χ4n) is 2.29. The number of hydrogen-bond acceptors (Lipinski definition) is 4. The van der Waals surface area contributed by atoms with Crippen LogP contribution in [0.3, 0.4) is 0 Å². The summed E-state index contributed by atoms with van der Waals surface area (Å²) in [6, 6.07) is 13.5. The minimum Gasteiger partial charge on any atom is -0.340 e. The Labute approximate surface area is 167 Å². The van der Waals surface area contributed by atoms with E-state index in [-0.39, 0.29) is 11.8 Å². The molecule has 0 fully saturated rings. The zero-order valence-electron chi connectivity index (χ0n) is 13.9. The molecule has 0 spiro atoms. The van der Waals surface area contributed by atoms with Gasteiger partial charge < -0.3 is 10.2 Å². The van der Waals surface area contributed by atoms with Crippen LogP contribution in [0.1, 0.15) is 5.56 Å². The molecule has 0 unspecified atom stereocenters. The van der Waals surface area contributed by atoms with Crippen LogP contribution in [0.15, 0.2) is 59.2 Å². The van der Waals surface area contributed by atoms with Gasteiger partial charge in [0.05, 0.1) is 0 Å². The zero-order chi connectivity index (χ0) is 19.6. The Morgan fingerprint density at radius 3 is 2.26 bits per heavy atom. The minimum absolute atomic E-state index is 0.116. The first-order valence-corrected chi connectivity index (χ1v) is 8.87. The Hall–Kier alpha value is -2.32. The lowest BCUT2D eigenvalue weighted by Crippen LogP contribution is -2.17. The van der Waals surface area contributed by atoms with Crippen LogP contribution < -0.4 is 10.2 Å². The molecule has 0 amide bonds. The number of nitrogens with one attached hydrogen (secondary N) is 1. The quantitative estimate of drug-likeness (QED) is 0.491. The molecule has 2 aromatic carbocycles. The van der Waals surface area contributed by atoms with Gasteiger partial charge in [0.15, 0.2) is 0 Å². The molecule has 0 radical (unpaired) electrons. The molecule has 27 heavy (non-hydrogen) atoms. The summed E-state index contributed by atoms with van der Waals surface area (Å²) in [6.07, 6.45) is -3.81. The number of benzene rings is 2. The Morgan fingerprint density at radius 2 is 1.67 bits per heavy atom. The number of halogens is 5. The van der Waals surface area contributed by atoms with Crippen LogP contribution in [0.4, 0.5) is 36.3 Å². The molecule has 1 heterocycles. The average Bonchev–Trinajstić information content (AvgIpc) is 2.63. The van der Waals surface area contributed by atoms with Crippen LogP contribution in [-0.4, -0.2) is 17.0 Å². The SMILES string of the molecule is CN(c1ccc(Cl)cc1)c1ncc(C(F)(F)F)c(Nc2ccc(Br)cc2)n1. The number of aromatic nitrogens is 2. The van der Waals surface area contributed by atoms with Crippen LogP contribution in [0.2, 0.25) is 5.02 Å². The summed E-state index contributed by atoms with van der Waals surface area (Å²) in [5.41, 5.74) is 0.218. The first-order valence-electron chi connectivity index (χ1n) is 7.70. The third-order valence-electron chi connectivity index (χ3n) is 3.70. The Balaban J connectivity index is 1.99. The molecule has 1 aromatic heterocycles. The molecule has 0 aliphatic carbocycles. The number of nitrogens with zero attached hydrogens (tertiary/aromatic N) is 3. The van der Waals surface area contributed by atoms with E-state index in [2.05, 4.69) is 31.2 Å². The summed E-state index contributed by atoms with van der Waals surface area (Å²) >= 11 is 9.16. The smallest absolute Gasteiger partial charge is 0.340 e. The van der Waals surface area contributed by atoms with Crippen molar-refractivity contribution in [2.45, 2.75) is 6.18 Å². The molecule has 3 aromatic rings. The maximum Gasteiger partial charge on any atom is 0.421 e. The van der Waals surface area contributed by atoms with E-state index in [9.17, 15) is 13.2 Å². The second-order valence-corrected chi connectivity index (χ2v) is 6.95. The topological polar surface area (TPSA) is 41.1 Å². The summed E-state index contributed by atoms with van der Waals surface area (Å²) in [7, 11) is 1.66. The number of alkyl halides is 3. The largest absolute Gasteiger partial charge is 0.421 e. The van der Waals surface area contributed by atoms with Gasteiger partial charge in [-0.3, -0.25) is 0 Å². The van der Waals surface area contributed by atoms with Crippen LogP contribution in [0.25, 0.3) is 0 Å². The average molecular weight is 458 g/mol. The molecule has 4 nitrogen and oxygen atoms in total. The van der Waals surface area contributed by atoms with Gasteiger partial charge in [0.1, 0.15) is 11.4 Å². The third kappa shape index (κ3) is 4.70. The first kappa shape index (κ1) is 19.4. The molecule has 0 saturated carbocycles. The summed E-state index contributed by atoms with van der Waals surface area (Å²) < 4.78 is 40.9. The molecule has 1 N–H and O–H groups in total. The maximum absolute atomic E-state index is 13.4. The molecule has 0 atom stereocenters. The predicted octanol–water partition coefficient (Wildman–Crippen LogP) is 6.42. The Bertz CT molecular complexity index is 931. The van der Waals surface area contributed by atoms with E-state index in [1.807, 2.05) is 0 Å². The van der Waals surface area contributed by atoms with Crippen molar-refractivity contribution in [1.29, 1.82) is 0 Å². The van der Waals surface area contributed by atoms with Gasteiger partial charge in [0, 0.05) is 34.1 Å². The summed E-state index contributed by atoms with van der Waals surface area (Å²) in [4.78, 5) is 9.54. The van der Waals surface area contributed by atoms with Gasteiger partial charge in [0.25, 0.3) is 0 Å². The normalized spacial score (nSPS) is 11.3. The van der Waals surface area contributed by atoms with E-state index in [0.717, 1.165) is 10.7 Å². The van der Waals surface area contributed by atoms with Crippen molar-refractivity contribution >= 4 is 50.7 Å². The molecule has 0 bridgehead atoms. The highest BCUT2D eigenvalue weighted by atomic mass is 79.9. The van der Waals surface area contributed by atoms with E-state index in [0.29, 0.717) is 16.4 Å². The zero-order valence-corrected chi connectivity index (χ0v) is 16.3. The van der Waals surface area contributed by atoms with E-state index < -0.39 is 11.7 Å². The van der Waals surface area contributed by atoms with Crippen molar-refractivity contribution in [3.8, 4) is 0 Å². The molecular formula is C18H13BrClF3N4. The molecule has 9 heteroatoms. The highest BCUT2D eigenvalue weighted by Gasteiger charge is 2.35. The van der Waals surface area contributed by atoms with E-state index in [4.69, 9.17) is 11.6 Å². The lowest BCUT2D eigenvalue weighted by atomic mass is 10.2. The van der Waals surface area contributed by atoms with Gasteiger partial charge in [-0.1, -0.05) is 27.5 Å². The number of rotatable bonds is 4. The Morgan fingerprint density at radius 1 is 1.04 bits per heavy atom. The fourth-order valence-corrected chi connectivity index (χ4v) is 2.68. The number of hydrogen-bond donors (Lipinski definition) is 1. The third-order valence-corrected chi connectivity index (χ3v) is 4.48. The lowest BCUT2D eigenvalue weighted by molar-refractivity contribution is -0.137. The number of anilines is 4. The highest BCUT2D eigenvalue weighted by molar-refractivity contribution is 9.10. The lowest BCUT2D eigenvalue weighted by Gasteiger charge is -2.20. The van der Waals surface area contributed by atoms with Crippen molar-refractivity contribution in [3.63, 3.8) is 0 Å². The second-order valence-electron chi connectivity index (χ2n) is 5.60. The van der Waals surface area contributed by atoms with Crippen LogP contribution in [0.5, 0.6) is 0 Å². The van der Waals surface area contributed by atoms with Gasteiger partial charge in [-0.25, -0.2) is 4.98 Å². The monoisotopic (exact) mass is 456 g/mol. The minimum atomic E-state index is -4.59. The van der Waals surface area contributed by atoms with Crippen molar-refractivity contribution < 1.29 is 13.2 Å². The van der Waals surface area contributed by atoms with Crippen molar-refractivity contribution in [1.82, 2.24) is 9.97 Å². The van der Waals surface area contributed by atoms with Crippen LogP contribution in [-0.2, 0) is 6.18 Å². The second kappa shape index (κ2) is 7.74. The van der Waals surface area contributed by atoms with E-state index in [1.165, 1.54) is 0 Å². The Kier molecular flexibility index (Phi) is 5.57. The van der Waals surface area contributed by atoms with E-state index in [1.54, 1.807) is 60.5 Å². The molecule has 0 aliphatic rings. The molecule has 0 aliphatic heterocycles.